The molecule has 0 aromatic carbocycles. The Bertz CT molecular complexity index is 299. The summed E-state index contributed by atoms with van der Waals surface area (Å²) < 4.78 is 0. The largest absolute Gasteiger partial charge is 0.368 e. The number of hydrogen-bond acceptors (Lipinski definition) is 4. The molecule has 0 aliphatic carbocycles. The molecule has 0 aliphatic heterocycles. The Kier molecular flexibility index (Phi) is 3.39. The highest BCUT2D eigenvalue weighted by atomic mass is 16.1. The number of anilines is 1. The highest BCUT2D eigenvalue weighted by Crippen LogP contribution is 2.06. The Morgan fingerprint density at radius 1 is 1.43 bits per heavy atom. The van der Waals surface area contributed by atoms with Gasteiger partial charge in [-0.25, -0.2) is 9.97 Å². The number of hydrogen-bond donors (Lipinski definition) is 2. The van der Waals surface area contributed by atoms with Crippen molar-refractivity contribution in [1.29, 1.82) is 0 Å². The lowest BCUT2D eigenvalue weighted by molar-refractivity contribution is -0.119. The molecule has 1 rings (SSSR count). The first kappa shape index (κ1) is 10.4. The lowest BCUT2D eigenvalue weighted by Gasteiger charge is -2.18. The number of aromatic nitrogens is 2. The summed E-state index contributed by atoms with van der Waals surface area (Å²) in [5, 5.41) is 2.88. The Labute approximate surface area is 82.7 Å². The second-order valence-electron chi connectivity index (χ2n) is 3.34. The van der Waals surface area contributed by atoms with Gasteiger partial charge < -0.3 is 11.1 Å². The minimum Gasteiger partial charge on any atom is -0.368 e. The van der Waals surface area contributed by atoms with Crippen molar-refractivity contribution in [2.24, 2.45) is 11.7 Å². The van der Waals surface area contributed by atoms with Crippen LogP contribution in [0.15, 0.2) is 18.5 Å². The number of nitrogens with zero attached hydrogens (tertiary/aromatic N) is 2. The SMILES string of the molecule is CC(C)C(Nc1ncccn1)C(N)=O. The van der Waals surface area contributed by atoms with E-state index in [0.717, 1.165) is 0 Å². The fourth-order valence-electron chi connectivity index (χ4n) is 1.08. The van der Waals surface area contributed by atoms with Gasteiger partial charge in [0.25, 0.3) is 0 Å². The normalized spacial score (nSPS) is 12.5. The van der Waals surface area contributed by atoms with Crippen molar-refractivity contribution in [3.63, 3.8) is 0 Å². The van der Waals surface area contributed by atoms with Crippen LogP contribution in [-0.2, 0) is 4.79 Å². The highest BCUT2D eigenvalue weighted by molar-refractivity contribution is 5.82. The van der Waals surface area contributed by atoms with E-state index in [4.69, 9.17) is 5.73 Å². The van der Waals surface area contributed by atoms with Gasteiger partial charge in [-0.3, -0.25) is 4.79 Å². The minimum absolute atomic E-state index is 0.108. The Morgan fingerprint density at radius 2 is 2.00 bits per heavy atom. The Morgan fingerprint density at radius 3 is 2.43 bits per heavy atom. The summed E-state index contributed by atoms with van der Waals surface area (Å²) in [5.74, 6) is 0.133. The molecule has 0 fully saturated rings. The maximum absolute atomic E-state index is 11.0. The Hall–Kier alpha value is -1.65. The third-order valence-electron chi connectivity index (χ3n) is 1.82. The highest BCUT2D eigenvalue weighted by Gasteiger charge is 2.19. The summed E-state index contributed by atoms with van der Waals surface area (Å²) in [4.78, 5) is 19.0. The second-order valence-corrected chi connectivity index (χ2v) is 3.34. The minimum atomic E-state index is -0.433. The zero-order valence-corrected chi connectivity index (χ0v) is 8.27. The van der Waals surface area contributed by atoms with Crippen LogP contribution >= 0.6 is 0 Å². The molecule has 14 heavy (non-hydrogen) atoms. The van der Waals surface area contributed by atoms with E-state index in [1.165, 1.54) is 0 Å². The van der Waals surface area contributed by atoms with Crippen LogP contribution in [0.3, 0.4) is 0 Å². The molecule has 5 nitrogen and oxygen atoms in total. The van der Waals surface area contributed by atoms with E-state index >= 15 is 0 Å². The quantitative estimate of drug-likeness (QED) is 0.727. The molecular weight excluding hydrogens is 180 g/mol. The number of carbonyl (C=O) groups excluding carboxylic acids is 1. The van der Waals surface area contributed by atoms with Gasteiger partial charge in [0, 0.05) is 12.4 Å². The van der Waals surface area contributed by atoms with Gasteiger partial charge in [-0.1, -0.05) is 13.8 Å². The van der Waals surface area contributed by atoms with E-state index in [0.29, 0.717) is 5.95 Å². The lowest BCUT2D eigenvalue weighted by atomic mass is 10.0. The van der Waals surface area contributed by atoms with Crippen LogP contribution in [0.4, 0.5) is 5.95 Å². The summed E-state index contributed by atoms with van der Waals surface area (Å²) in [6.07, 6.45) is 3.21. The summed E-state index contributed by atoms with van der Waals surface area (Å²) in [6.45, 7) is 3.82. The number of amides is 1. The molecule has 76 valence electrons. The van der Waals surface area contributed by atoms with Crippen LogP contribution in [0.2, 0.25) is 0 Å². The van der Waals surface area contributed by atoms with Crippen LogP contribution in [0, 0.1) is 5.92 Å². The molecule has 0 aliphatic rings. The molecule has 0 bridgehead atoms. The van der Waals surface area contributed by atoms with Crippen LogP contribution in [0.1, 0.15) is 13.8 Å². The molecule has 1 aromatic rings. The Balaban J connectivity index is 2.70. The van der Waals surface area contributed by atoms with E-state index in [-0.39, 0.29) is 5.92 Å². The van der Waals surface area contributed by atoms with E-state index in [9.17, 15) is 4.79 Å². The molecular formula is C9H14N4O. The van der Waals surface area contributed by atoms with Gasteiger partial charge in [0.15, 0.2) is 0 Å². The summed E-state index contributed by atoms with van der Waals surface area (Å²) in [6, 6.07) is 1.28. The first-order chi connectivity index (χ1) is 6.61. The first-order valence-electron chi connectivity index (χ1n) is 4.44. The van der Waals surface area contributed by atoms with E-state index in [2.05, 4.69) is 15.3 Å². The lowest BCUT2D eigenvalue weighted by Crippen LogP contribution is -2.40. The molecule has 5 heteroatoms. The molecule has 1 unspecified atom stereocenters. The molecule has 1 heterocycles. The van der Waals surface area contributed by atoms with Gasteiger partial charge in [-0.15, -0.1) is 0 Å². The maximum Gasteiger partial charge on any atom is 0.240 e. The van der Waals surface area contributed by atoms with E-state index in [1.54, 1.807) is 18.5 Å². The molecule has 0 saturated carbocycles. The van der Waals surface area contributed by atoms with Crippen molar-refractivity contribution in [1.82, 2.24) is 9.97 Å². The van der Waals surface area contributed by atoms with Crippen LogP contribution in [0.5, 0.6) is 0 Å². The third-order valence-corrected chi connectivity index (χ3v) is 1.82. The maximum atomic E-state index is 11.0. The van der Waals surface area contributed by atoms with Crippen molar-refractivity contribution >= 4 is 11.9 Å². The predicted octanol–water partition coefficient (Wildman–Crippen LogP) is 0.398. The zero-order chi connectivity index (χ0) is 10.6. The topological polar surface area (TPSA) is 80.9 Å². The van der Waals surface area contributed by atoms with Crippen LogP contribution in [-0.4, -0.2) is 21.9 Å². The standard InChI is InChI=1S/C9H14N4O/c1-6(2)7(8(10)14)13-9-11-4-3-5-12-9/h3-7H,1-2H3,(H2,10,14)(H,11,12,13). The van der Waals surface area contributed by atoms with Crippen LogP contribution in [0.25, 0.3) is 0 Å². The van der Waals surface area contributed by atoms with Crippen LogP contribution < -0.4 is 11.1 Å². The van der Waals surface area contributed by atoms with Gasteiger partial charge in [-0.05, 0) is 12.0 Å². The molecule has 1 amide bonds. The average molecular weight is 194 g/mol. The average Bonchev–Trinajstić information content (AvgIpc) is 2.15. The fraction of sp³-hybridized carbons (Fsp3) is 0.444. The molecule has 0 saturated heterocycles. The number of primary amides is 1. The van der Waals surface area contributed by atoms with Gasteiger partial charge in [-0.2, -0.15) is 0 Å². The number of nitrogens with one attached hydrogen (secondary N) is 1. The summed E-state index contributed by atoms with van der Waals surface area (Å²) in [7, 11) is 0. The third kappa shape index (κ3) is 2.69. The molecule has 3 N–H and O–H groups in total. The number of nitrogens with two attached hydrogens (primary N) is 1. The first-order valence-corrected chi connectivity index (χ1v) is 4.44. The van der Waals surface area contributed by atoms with Crippen molar-refractivity contribution in [2.45, 2.75) is 19.9 Å². The fourth-order valence-corrected chi connectivity index (χ4v) is 1.08. The number of carbonyl (C=O) groups is 1. The monoisotopic (exact) mass is 194 g/mol. The van der Waals surface area contributed by atoms with Crippen molar-refractivity contribution in [3.05, 3.63) is 18.5 Å². The van der Waals surface area contributed by atoms with Crippen molar-refractivity contribution in [2.75, 3.05) is 5.32 Å². The van der Waals surface area contributed by atoms with Gasteiger partial charge in [0.2, 0.25) is 11.9 Å². The number of rotatable bonds is 4. The molecule has 0 radical (unpaired) electrons. The van der Waals surface area contributed by atoms with E-state index < -0.39 is 11.9 Å². The van der Waals surface area contributed by atoms with E-state index in [1.807, 2.05) is 13.8 Å². The molecule has 0 spiro atoms. The van der Waals surface area contributed by atoms with Crippen molar-refractivity contribution in [3.8, 4) is 0 Å². The predicted molar refractivity (Wildman–Crippen MR) is 53.5 cm³/mol. The van der Waals surface area contributed by atoms with Crippen molar-refractivity contribution < 1.29 is 4.79 Å². The van der Waals surface area contributed by atoms with Gasteiger partial charge in [0.1, 0.15) is 6.04 Å². The second kappa shape index (κ2) is 4.55. The van der Waals surface area contributed by atoms with Gasteiger partial charge in [0.05, 0.1) is 0 Å². The zero-order valence-electron chi connectivity index (χ0n) is 8.27. The smallest absolute Gasteiger partial charge is 0.240 e. The van der Waals surface area contributed by atoms with Gasteiger partial charge >= 0.3 is 0 Å². The summed E-state index contributed by atoms with van der Waals surface area (Å²) >= 11 is 0. The summed E-state index contributed by atoms with van der Waals surface area (Å²) in [5.41, 5.74) is 5.23. The molecule has 1 atom stereocenters. The molecule has 1 aromatic heterocycles.